The van der Waals surface area contributed by atoms with E-state index in [4.69, 9.17) is 5.11 Å². The molecule has 0 aliphatic heterocycles. The molecule has 1 aromatic heterocycles. The highest BCUT2D eigenvalue weighted by atomic mass is 16.3. The smallest absolute Gasteiger partial charge is 0.137 e. The average Bonchev–Trinajstić information content (AvgIpc) is 2.90. The van der Waals surface area contributed by atoms with Gasteiger partial charge in [0.2, 0.25) is 0 Å². The third-order valence-corrected chi connectivity index (χ3v) is 2.52. The molecule has 0 aliphatic carbocycles. The Balaban J connectivity index is 1.89. The number of benzene rings is 1. The van der Waals surface area contributed by atoms with Crippen LogP contribution in [0.5, 0.6) is 0 Å². The van der Waals surface area contributed by atoms with Crippen molar-refractivity contribution in [2.75, 3.05) is 18.5 Å². The number of hydrogen-bond acceptors (Lipinski definition) is 5. The molecule has 18 heavy (non-hydrogen) atoms. The topological polar surface area (TPSA) is 83.2 Å². The Hall–Kier alpha value is -1.92. The van der Waals surface area contributed by atoms with Crippen LogP contribution in [-0.2, 0) is 6.54 Å². The minimum atomic E-state index is -0.736. The first-order valence-electron chi connectivity index (χ1n) is 5.72. The van der Waals surface area contributed by atoms with Crippen LogP contribution in [-0.4, -0.2) is 44.2 Å². The third kappa shape index (κ3) is 3.54. The van der Waals surface area contributed by atoms with Crippen LogP contribution >= 0.6 is 0 Å². The van der Waals surface area contributed by atoms with Gasteiger partial charge in [0.15, 0.2) is 0 Å². The summed E-state index contributed by atoms with van der Waals surface area (Å²) in [6.45, 7) is 0.774. The molecule has 1 heterocycles. The van der Waals surface area contributed by atoms with E-state index < -0.39 is 6.10 Å². The molecule has 0 saturated carbocycles. The standard InChI is InChI=1S/C12H16N4O2/c17-7-12(18)5-14-11-3-1-10(2-4-11)6-16-9-13-8-15-16/h1-4,8-9,12,14,17-18H,5-7H2. The number of anilines is 1. The molecule has 1 aromatic carbocycles. The van der Waals surface area contributed by atoms with Gasteiger partial charge in [0.1, 0.15) is 12.7 Å². The van der Waals surface area contributed by atoms with Gasteiger partial charge in [0.05, 0.1) is 19.3 Å². The SMILES string of the molecule is OCC(O)CNc1ccc(Cn2cncn2)cc1. The zero-order chi connectivity index (χ0) is 12.8. The highest BCUT2D eigenvalue weighted by molar-refractivity contribution is 5.44. The van der Waals surface area contributed by atoms with E-state index in [0.29, 0.717) is 13.1 Å². The van der Waals surface area contributed by atoms with E-state index in [9.17, 15) is 5.11 Å². The summed E-state index contributed by atoms with van der Waals surface area (Å²) < 4.78 is 1.75. The van der Waals surface area contributed by atoms with Gasteiger partial charge in [-0.3, -0.25) is 0 Å². The molecule has 6 heteroatoms. The predicted octanol–water partition coefficient (Wildman–Crippen LogP) is 0.0915. The van der Waals surface area contributed by atoms with Crippen molar-refractivity contribution in [1.29, 1.82) is 0 Å². The van der Waals surface area contributed by atoms with Crippen molar-refractivity contribution in [1.82, 2.24) is 14.8 Å². The lowest BCUT2D eigenvalue weighted by Crippen LogP contribution is -2.22. The minimum absolute atomic E-state index is 0.239. The van der Waals surface area contributed by atoms with Crippen molar-refractivity contribution >= 4 is 5.69 Å². The first-order valence-corrected chi connectivity index (χ1v) is 5.72. The molecular formula is C12H16N4O2. The second kappa shape index (κ2) is 6.13. The summed E-state index contributed by atoms with van der Waals surface area (Å²) >= 11 is 0. The number of rotatable bonds is 6. The maximum Gasteiger partial charge on any atom is 0.137 e. The van der Waals surface area contributed by atoms with Crippen LogP contribution in [0.25, 0.3) is 0 Å². The number of aliphatic hydroxyl groups excluding tert-OH is 2. The molecule has 0 fully saturated rings. The lowest BCUT2D eigenvalue weighted by Gasteiger charge is -2.10. The van der Waals surface area contributed by atoms with Crippen LogP contribution in [0.1, 0.15) is 5.56 Å². The number of nitrogens with zero attached hydrogens (tertiary/aromatic N) is 3. The monoisotopic (exact) mass is 248 g/mol. The zero-order valence-electron chi connectivity index (χ0n) is 9.90. The van der Waals surface area contributed by atoms with Crippen LogP contribution < -0.4 is 5.32 Å². The van der Waals surface area contributed by atoms with Crippen LogP contribution in [0, 0.1) is 0 Å². The molecule has 1 unspecified atom stereocenters. The molecule has 0 spiro atoms. The van der Waals surface area contributed by atoms with E-state index in [1.807, 2.05) is 24.3 Å². The lowest BCUT2D eigenvalue weighted by atomic mass is 10.2. The second-order valence-electron chi connectivity index (χ2n) is 4.01. The van der Waals surface area contributed by atoms with Crippen molar-refractivity contribution in [2.45, 2.75) is 12.6 Å². The molecule has 2 aromatic rings. The zero-order valence-corrected chi connectivity index (χ0v) is 9.90. The van der Waals surface area contributed by atoms with Crippen LogP contribution in [0.2, 0.25) is 0 Å². The van der Waals surface area contributed by atoms with E-state index in [1.165, 1.54) is 6.33 Å². The Morgan fingerprint density at radius 1 is 1.28 bits per heavy atom. The molecular weight excluding hydrogens is 232 g/mol. The molecule has 96 valence electrons. The molecule has 0 amide bonds. The Bertz CT molecular complexity index is 455. The molecule has 0 aliphatic rings. The molecule has 0 saturated heterocycles. The summed E-state index contributed by atoms with van der Waals surface area (Å²) in [6.07, 6.45) is 2.44. The van der Waals surface area contributed by atoms with Gasteiger partial charge in [-0.25, -0.2) is 9.67 Å². The summed E-state index contributed by atoms with van der Waals surface area (Å²) in [6, 6.07) is 7.82. The van der Waals surface area contributed by atoms with E-state index in [-0.39, 0.29) is 6.61 Å². The summed E-state index contributed by atoms with van der Waals surface area (Å²) in [4.78, 5) is 3.88. The maximum absolute atomic E-state index is 9.21. The summed E-state index contributed by atoms with van der Waals surface area (Å²) in [7, 11) is 0. The van der Waals surface area contributed by atoms with Crippen LogP contribution in [0.4, 0.5) is 5.69 Å². The molecule has 1 atom stereocenters. The fourth-order valence-corrected chi connectivity index (χ4v) is 1.53. The van der Waals surface area contributed by atoms with Crippen molar-refractivity contribution in [3.8, 4) is 0 Å². The number of aliphatic hydroxyl groups is 2. The van der Waals surface area contributed by atoms with Gasteiger partial charge < -0.3 is 15.5 Å². The van der Waals surface area contributed by atoms with Gasteiger partial charge in [-0.2, -0.15) is 5.10 Å². The Morgan fingerprint density at radius 2 is 2.06 bits per heavy atom. The lowest BCUT2D eigenvalue weighted by molar-refractivity contribution is 0.105. The van der Waals surface area contributed by atoms with Gasteiger partial charge >= 0.3 is 0 Å². The normalized spacial score (nSPS) is 12.3. The summed E-state index contributed by atoms with van der Waals surface area (Å²) in [5.41, 5.74) is 2.03. The number of hydrogen-bond donors (Lipinski definition) is 3. The Morgan fingerprint density at radius 3 is 2.67 bits per heavy atom. The first-order chi connectivity index (χ1) is 8.78. The van der Waals surface area contributed by atoms with Crippen molar-refractivity contribution < 1.29 is 10.2 Å². The molecule has 6 nitrogen and oxygen atoms in total. The van der Waals surface area contributed by atoms with E-state index in [1.54, 1.807) is 11.0 Å². The Labute approximate surface area is 105 Å². The summed E-state index contributed by atoms with van der Waals surface area (Å²) in [5.74, 6) is 0. The molecule has 2 rings (SSSR count). The minimum Gasteiger partial charge on any atom is -0.394 e. The average molecular weight is 248 g/mol. The fraction of sp³-hybridized carbons (Fsp3) is 0.333. The van der Waals surface area contributed by atoms with Gasteiger partial charge in [-0.15, -0.1) is 0 Å². The molecule has 0 bridgehead atoms. The van der Waals surface area contributed by atoms with Gasteiger partial charge in [-0.1, -0.05) is 12.1 Å². The molecule has 3 N–H and O–H groups in total. The molecule has 0 radical (unpaired) electrons. The largest absolute Gasteiger partial charge is 0.394 e. The van der Waals surface area contributed by atoms with Gasteiger partial charge in [-0.05, 0) is 17.7 Å². The quantitative estimate of drug-likeness (QED) is 0.675. The van der Waals surface area contributed by atoms with E-state index in [0.717, 1.165) is 11.3 Å². The van der Waals surface area contributed by atoms with Crippen LogP contribution in [0.3, 0.4) is 0 Å². The maximum atomic E-state index is 9.21. The Kier molecular flexibility index (Phi) is 4.27. The second-order valence-corrected chi connectivity index (χ2v) is 4.01. The van der Waals surface area contributed by atoms with Crippen molar-refractivity contribution in [3.63, 3.8) is 0 Å². The van der Waals surface area contributed by atoms with Crippen LogP contribution in [0.15, 0.2) is 36.9 Å². The summed E-state index contributed by atoms with van der Waals surface area (Å²) in [5, 5.41) is 25.0. The third-order valence-electron chi connectivity index (χ3n) is 2.52. The van der Waals surface area contributed by atoms with Crippen molar-refractivity contribution in [2.24, 2.45) is 0 Å². The highest BCUT2D eigenvalue weighted by Crippen LogP contribution is 2.10. The fourth-order valence-electron chi connectivity index (χ4n) is 1.53. The van der Waals surface area contributed by atoms with Crippen molar-refractivity contribution in [3.05, 3.63) is 42.5 Å². The van der Waals surface area contributed by atoms with Gasteiger partial charge in [0, 0.05) is 12.2 Å². The first kappa shape index (κ1) is 12.5. The van der Waals surface area contributed by atoms with E-state index >= 15 is 0 Å². The highest BCUT2D eigenvalue weighted by Gasteiger charge is 2.01. The van der Waals surface area contributed by atoms with E-state index in [2.05, 4.69) is 15.4 Å². The van der Waals surface area contributed by atoms with Gasteiger partial charge in [0.25, 0.3) is 0 Å². The predicted molar refractivity (Wildman–Crippen MR) is 67.1 cm³/mol. The number of nitrogens with one attached hydrogen (secondary N) is 1. The number of aromatic nitrogens is 3.